The minimum atomic E-state index is -2.15. The van der Waals surface area contributed by atoms with E-state index in [-0.39, 0.29) is 0 Å². The van der Waals surface area contributed by atoms with E-state index in [1.54, 1.807) is 0 Å². The van der Waals surface area contributed by atoms with Crippen LogP contribution in [0.5, 0.6) is 0 Å². The lowest BCUT2D eigenvalue weighted by molar-refractivity contribution is -0.259. The average Bonchev–Trinajstić information content (AvgIpc) is 2.08. The van der Waals surface area contributed by atoms with Gasteiger partial charge in [-0.2, -0.15) is 0 Å². The molecule has 0 spiro atoms. The van der Waals surface area contributed by atoms with E-state index in [1.807, 2.05) is 0 Å². The van der Waals surface area contributed by atoms with Crippen LogP contribution in [0.2, 0.25) is 0 Å². The normalized spacial score (nSPS) is 49.2. The summed E-state index contributed by atoms with van der Waals surface area (Å²) in [7, 11) is 0. The van der Waals surface area contributed by atoms with Crippen LogP contribution in [0.3, 0.4) is 0 Å². The Hall–Kier alpha value is -0.300. The molecule has 0 saturated carbocycles. The van der Waals surface area contributed by atoms with Crippen LogP contribution < -0.4 is 0 Å². The number of rotatable bonds is 1. The summed E-state index contributed by atoms with van der Waals surface area (Å²) < 4.78 is 28.7. The monoisotopic (exact) mass is 184 g/mol. The molecule has 0 aromatic rings. The molecule has 12 heavy (non-hydrogen) atoms. The smallest absolute Gasteiger partial charge is 0.228 e. The van der Waals surface area contributed by atoms with Crippen LogP contribution in [-0.4, -0.2) is 52.8 Å². The molecule has 1 heterocycles. The third kappa shape index (κ3) is 1.56. The standard InChI is InChI=1S/C6H10F2O4/c7-1-2-3(9)4(10)5(11)6(8)12-2/h2-6,9-11H,1H2/t2-,3-,4+,5-,6+/m1/s1. The Bertz CT molecular complexity index is 152. The van der Waals surface area contributed by atoms with Gasteiger partial charge in [0.15, 0.2) is 0 Å². The highest BCUT2D eigenvalue weighted by Gasteiger charge is 2.43. The molecule has 1 rings (SSSR count). The Balaban J connectivity index is 2.63. The Morgan fingerprint density at radius 2 is 1.67 bits per heavy atom. The zero-order valence-electron chi connectivity index (χ0n) is 6.10. The van der Waals surface area contributed by atoms with Gasteiger partial charge in [0.2, 0.25) is 6.36 Å². The molecule has 4 nitrogen and oxygen atoms in total. The van der Waals surface area contributed by atoms with Crippen LogP contribution >= 0.6 is 0 Å². The van der Waals surface area contributed by atoms with E-state index in [1.165, 1.54) is 0 Å². The van der Waals surface area contributed by atoms with E-state index < -0.39 is 37.4 Å². The summed E-state index contributed by atoms with van der Waals surface area (Å²) in [5, 5.41) is 26.7. The first kappa shape index (κ1) is 9.79. The SMILES string of the molecule is O[C@@H]1[C@@H](O)[C@@H](F)O[C@H](CF)[C@H]1O. The second-order valence-corrected chi connectivity index (χ2v) is 2.65. The lowest BCUT2D eigenvalue weighted by Crippen LogP contribution is -2.56. The van der Waals surface area contributed by atoms with Crippen molar-refractivity contribution >= 4 is 0 Å². The van der Waals surface area contributed by atoms with Crippen LogP contribution in [0, 0.1) is 0 Å². The van der Waals surface area contributed by atoms with Crippen LogP contribution in [0.25, 0.3) is 0 Å². The van der Waals surface area contributed by atoms with Crippen LogP contribution in [-0.2, 0) is 4.74 Å². The highest BCUT2D eigenvalue weighted by molar-refractivity contribution is 4.88. The highest BCUT2D eigenvalue weighted by Crippen LogP contribution is 2.21. The number of aliphatic hydroxyl groups excluding tert-OH is 3. The third-order valence-corrected chi connectivity index (χ3v) is 1.81. The second kappa shape index (κ2) is 3.61. The molecule has 1 fully saturated rings. The molecular formula is C6H10F2O4. The van der Waals surface area contributed by atoms with E-state index in [4.69, 9.17) is 15.3 Å². The van der Waals surface area contributed by atoms with Gasteiger partial charge in [-0.3, -0.25) is 0 Å². The van der Waals surface area contributed by atoms with Crippen molar-refractivity contribution < 1.29 is 28.8 Å². The zero-order chi connectivity index (χ0) is 9.30. The number of ether oxygens (including phenoxy) is 1. The van der Waals surface area contributed by atoms with Gasteiger partial charge in [0.05, 0.1) is 0 Å². The molecule has 1 aliphatic heterocycles. The van der Waals surface area contributed by atoms with Crippen molar-refractivity contribution in [3.63, 3.8) is 0 Å². The largest absolute Gasteiger partial charge is 0.387 e. The summed E-state index contributed by atoms with van der Waals surface area (Å²) in [6.07, 6.45) is -8.66. The summed E-state index contributed by atoms with van der Waals surface area (Å²) in [6.45, 7) is -1.11. The van der Waals surface area contributed by atoms with Crippen molar-refractivity contribution in [3.8, 4) is 0 Å². The molecule has 72 valence electrons. The van der Waals surface area contributed by atoms with Crippen LogP contribution in [0.15, 0.2) is 0 Å². The summed E-state index contributed by atoms with van der Waals surface area (Å²) in [4.78, 5) is 0. The Kier molecular flexibility index (Phi) is 2.94. The van der Waals surface area contributed by atoms with E-state index in [9.17, 15) is 8.78 Å². The first-order valence-corrected chi connectivity index (χ1v) is 3.47. The van der Waals surface area contributed by atoms with Gasteiger partial charge >= 0.3 is 0 Å². The maximum Gasteiger partial charge on any atom is 0.228 e. The van der Waals surface area contributed by atoms with E-state index in [0.29, 0.717) is 0 Å². The molecule has 0 radical (unpaired) electrons. The molecule has 6 heteroatoms. The van der Waals surface area contributed by atoms with Crippen molar-refractivity contribution in [2.24, 2.45) is 0 Å². The molecular weight excluding hydrogens is 174 g/mol. The first-order chi connectivity index (χ1) is 5.57. The fourth-order valence-electron chi connectivity index (χ4n) is 1.03. The quantitative estimate of drug-likeness (QED) is 0.475. The number of halogens is 2. The fraction of sp³-hybridized carbons (Fsp3) is 1.00. The number of hydrogen-bond acceptors (Lipinski definition) is 4. The molecule has 1 aliphatic rings. The van der Waals surface area contributed by atoms with Crippen LogP contribution in [0.4, 0.5) is 8.78 Å². The first-order valence-electron chi connectivity index (χ1n) is 3.47. The Labute approximate surface area is 67.4 Å². The van der Waals surface area contributed by atoms with Gasteiger partial charge in [-0.05, 0) is 0 Å². The van der Waals surface area contributed by atoms with Gasteiger partial charge in [-0.25, -0.2) is 8.78 Å². The topological polar surface area (TPSA) is 69.9 Å². The van der Waals surface area contributed by atoms with Crippen molar-refractivity contribution in [3.05, 3.63) is 0 Å². The predicted octanol–water partition coefficient (Wildman–Crippen LogP) is -1.27. The maximum atomic E-state index is 12.5. The van der Waals surface area contributed by atoms with Crippen molar-refractivity contribution in [2.45, 2.75) is 30.8 Å². The minimum absolute atomic E-state index is 1.11. The van der Waals surface area contributed by atoms with E-state index in [2.05, 4.69) is 4.74 Å². The Morgan fingerprint density at radius 3 is 2.17 bits per heavy atom. The molecule has 1 saturated heterocycles. The lowest BCUT2D eigenvalue weighted by Gasteiger charge is -2.35. The van der Waals surface area contributed by atoms with Crippen molar-refractivity contribution in [1.82, 2.24) is 0 Å². The molecule has 0 aromatic heterocycles. The van der Waals surface area contributed by atoms with Crippen LogP contribution in [0.1, 0.15) is 0 Å². The average molecular weight is 184 g/mol. The molecule has 0 aromatic carbocycles. The van der Waals surface area contributed by atoms with Gasteiger partial charge < -0.3 is 20.1 Å². The van der Waals surface area contributed by atoms with E-state index >= 15 is 0 Å². The zero-order valence-corrected chi connectivity index (χ0v) is 6.10. The maximum absolute atomic E-state index is 12.5. The lowest BCUT2D eigenvalue weighted by atomic mass is 10.0. The third-order valence-electron chi connectivity index (χ3n) is 1.81. The summed E-state index contributed by atoms with van der Waals surface area (Å²) >= 11 is 0. The Morgan fingerprint density at radius 1 is 1.08 bits per heavy atom. The van der Waals surface area contributed by atoms with Crippen molar-refractivity contribution in [1.29, 1.82) is 0 Å². The molecule has 0 aliphatic carbocycles. The predicted molar refractivity (Wildman–Crippen MR) is 33.8 cm³/mol. The van der Waals surface area contributed by atoms with Crippen molar-refractivity contribution in [2.75, 3.05) is 6.67 Å². The minimum Gasteiger partial charge on any atom is -0.387 e. The molecule has 3 N–H and O–H groups in total. The number of aliphatic hydroxyl groups is 3. The number of hydrogen-bond donors (Lipinski definition) is 3. The molecule has 5 atom stereocenters. The van der Waals surface area contributed by atoms with Gasteiger partial charge in [0.25, 0.3) is 0 Å². The van der Waals surface area contributed by atoms with Gasteiger partial charge in [-0.15, -0.1) is 0 Å². The molecule has 0 amide bonds. The second-order valence-electron chi connectivity index (χ2n) is 2.65. The van der Waals surface area contributed by atoms with Gasteiger partial charge in [0, 0.05) is 0 Å². The summed E-state index contributed by atoms with van der Waals surface area (Å²) in [5.41, 5.74) is 0. The van der Waals surface area contributed by atoms with Gasteiger partial charge in [0.1, 0.15) is 31.1 Å². The molecule has 0 bridgehead atoms. The van der Waals surface area contributed by atoms with E-state index in [0.717, 1.165) is 0 Å². The number of alkyl halides is 2. The van der Waals surface area contributed by atoms with Gasteiger partial charge in [-0.1, -0.05) is 0 Å². The molecule has 0 unspecified atom stereocenters. The fourth-order valence-corrected chi connectivity index (χ4v) is 1.03. The highest BCUT2D eigenvalue weighted by atomic mass is 19.1. The summed E-state index contributed by atoms with van der Waals surface area (Å²) in [6, 6.07) is 0. The summed E-state index contributed by atoms with van der Waals surface area (Å²) in [5.74, 6) is 0.